The largest absolute Gasteiger partial charge is 0.478 e. The summed E-state index contributed by atoms with van der Waals surface area (Å²) >= 11 is 0. The molecule has 0 spiro atoms. The smallest absolute Gasteiger partial charge is 0.407 e. The van der Waals surface area contributed by atoms with Crippen LogP contribution in [0.15, 0.2) is 54.7 Å². The first-order chi connectivity index (χ1) is 18.9. The van der Waals surface area contributed by atoms with Gasteiger partial charge in [-0.2, -0.15) is 5.26 Å². The molecule has 2 aromatic carbocycles. The van der Waals surface area contributed by atoms with Crippen molar-refractivity contribution < 1.29 is 23.8 Å². The lowest BCUT2D eigenvalue weighted by molar-refractivity contribution is -0.120. The Balaban J connectivity index is 1.46. The van der Waals surface area contributed by atoms with Crippen LogP contribution in [0, 0.1) is 17.1 Å². The molecular weight excluding hydrogens is 503 g/mol. The third-order valence-electron chi connectivity index (χ3n) is 7.09. The van der Waals surface area contributed by atoms with E-state index in [1.165, 1.54) is 11.0 Å². The van der Waals surface area contributed by atoms with E-state index in [-0.39, 0.29) is 23.7 Å². The molecule has 2 aliphatic rings. The molecule has 0 bridgehead atoms. The molecule has 1 unspecified atom stereocenters. The fraction of sp³-hybridized carbons (Fsp3) is 0.286. The predicted molar refractivity (Wildman–Crippen MR) is 141 cm³/mol. The van der Waals surface area contributed by atoms with Crippen molar-refractivity contribution in [2.45, 2.75) is 19.0 Å². The van der Waals surface area contributed by atoms with Crippen LogP contribution in [0.5, 0.6) is 5.88 Å². The number of hydrogen-bond acceptors (Lipinski definition) is 7. The first-order valence-corrected chi connectivity index (χ1v) is 12.6. The van der Waals surface area contributed by atoms with E-state index in [1.807, 2.05) is 37.3 Å². The molecule has 1 saturated heterocycles. The van der Waals surface area contributed by atoms with E-state index in [0.29, 0.717) is 43.9 Å². The van der Waals surface area contributed by atoms with Crippen LogP contribution in [0.25, 0.3) is 0 Å². The number of nitrogens with zero attached hydrogens (tertiary/aromatic N) is 4. The second-order valence-electron chi connectivity index (χ2n) is 9.26. The van der Waals surface area contributed by atoms with Gasteiger partial charge in [-0.15, -0.1) is 0 Å². The molecule has 10 nitrogen and oxygen atoms in total. The highest BCUT2D eigenvalue weighted by molar-refractivity contribution is 6.08. The molecule has 0 aliphatic carbocycles. The van der Waals surface area contributed by atoms with Gasteiger partial charge in [-0.05, 0) is 48.9 Å². The van der Waals surface area contributed by atoms with Crippen LogP contribution in [0.4, 0.5) is 20.6 Å². The van der Waals surface area contributed by atoms with E-state index in [9.17, 15) is 24.3 Å². The maximum Gasteiger partial charge on any atom is 0.407 e. The third kappa shape index (κ3) is 4.70. The van der Waals surface area contributed by atoms with Gasteiger partial charge in [0.05, 0.1) is 12.2 Å². The number of fused-ring (bicyclic) bond motifs is 1. The molecule has 2 aliphatic heterocycles. The molecule has 1 atom stereocenters. The highest BCUT2D eigenvalue weighted by Crippen LogP contribution is 2.44. The van der Waals surface area contributed by atoms with Gasteiger partial charge in [-0.25, -0.2) is 14.2 Å². The molecule has 3 aromatic rings. The number of benzene rings is 2. The summed E-state index contributed by atoms with van der Waals surface area (Å²) in [5.74, 6) is -0.897. The zero-order valence-corrected chi connectivity index (χ0v) is 21.3. The van der Waals surface area contributed by atoms with Gasteiger partial charge in [0.2, 0.25) is 5.88 Å². The maximum absolute atomic E-state index is 14.5. The molecule has 2 amide bonds. The number of piperazine rings is 1. The summed E-state index contributed by atoms with van der Waals surface area (Å²) in [4.78, 5) is 32.7. The molecule has 39 heavy (non-hydrogen) atoms. The monoisotopic (exact) mass is 530 g/mol. The molecule has 200 valence electrons. The number of amides is 2. The van der Waals surface area contributed by atoms with Crippen molar-refractivity contribution in [1.82, 2.24) is 15.2 Å². The van der Waals surface area contributed by atoms with Crippen molar-refractivity contribution in [1.29, 1.82) is 5.26 Å². The van der Waals surface area contributed by atoms with Crippen molar-refractivity contribution >= 4 is 23.4 Å². The standard InChI is InChI=1S/C28H27FN6O4/c1-2-39-25-21(4-3-9-31-25)28(22-14-19(16-30)23(29)15-24(22)33-26(28)36)32-17-18-5-7-20(8-6-18)34-10-12-35(13-11-34)27(37)38/h3-9,14-15,32H,2,10-13,17H2,1H3,(H,33,36)(H,37,38). The minimum atomic E-state index is -1.49. The van der Waals surface area contributed by atoms with E-state index in [4.69, 9.17) is 4.74 Å². The van der Waals surface area contributed by atoms with Gasteiger partial charge in [0.1, 0.15) is 11.9 Å². The SMILES string of the molecule is CCOc1ncccc1C1(NCc2ccc(N3CCN(C(=O)O)CC3)cc2)C(=O)Nc2cc(F)c(C#N)cc21. The van der Waals surface area contributed by atoms with Gasteiger partial charge in [0.15, 0.2) is 5.54 Å². The number of hydrogen-bond donors (Lipinski definition) is 3. The van der Waals surface area contributed by atoms with Crippen LogP contribution in [0.2, 0.25) is 0 Å². The van der Waals surface area contributed by atoms with Crippen LogP contribution < -0.4 is 20.3 Å². The topological polar surface area (TPSA) is 131 Å². The number of halogens is 1. The Morgan fingerprint density at radius 1 is 1.21 bits per heavy atom. The fourth-order valence-corrected chi connectivity index (χ4v) is 5.09. The molecule has 11 heteroatoms. The summed E-state index contributed by atoms with van der Waals surface area (Å²) in [6, 6.07) is 15.6. The number of nitriles is 1. The normalized spacial score (nSPS) is 18.3. The van der Waals surface area contributed by atoms with Gasteiger partial charge in [0, 0.05) is 61.4 Å². The van der Waals surface area contributed by atoms with Crippen molar-refractivity contribution in [2.24, 2.45) is 0 Å². The summed E-state index contributed by atoms with van der Waals surface area (Å²) in [7, 11) is 0. The Labute approximate surface area is 224 Å². The fourth-order valence-electron chi connectivity index (χ4n) is 5.09. The summed E-state index contributed by atoms with van der Waals surface area (Å²) in [5, 5.41) is 24.8. The number of ether oxygens (including phenoxy) is 1. The number of carbonyl (C=O) groups excluding carboxylic acids is 1. The second-order valence-corrected chi connectivity index (χ2v) is 9.26. The first kappa shape index (κ1) is 25.9. The number of pyridine rings is 1. The van der Waals surface area contributed by atoms with Gasteiger partial charge < -0.3 is 25.0 Å². The molecule has 3 heterocycles. The minimum absolute atomic E-state index is 0.175. The number of anilines is 2. The summed E-state index contributed by atoms with van der Waals surface area (Å²) in [5.41, 5.74) is 1.32. The summed E-state index contributed by atoms with van der Waals surface area (Å²) in [6.07, 6.45) is 0.657. The van der Waals surface area contributed by atoms with Crippen LogP contribution in [0.1, 0.15) is 29.2 Å². The van der Waals surface area contributed by atoms with E-state index in [1.54, 1.807) is 18.3 Å². The number of aromatic nitrogens is 1. The Bertz CT molecular complexity index is 1450. The van der Waals surface area contributed by atoms with Crippen molar-refractivity contribution in [3.8, 4) is 11.9 Å². The van der Waals surface area contributed by atoms with Gasteiger partial charge >= 0.3 is 6.09 Å². The van der Waals surface area contributed by atoms with Gasteiger partial charge in [-0.3, -0.25) is 10.1 Å². The zero-order chi connectivity index (χ0) is 27.6. The number of rotatable bonds is 7. The number of carboxylic acid groups (broad SMARTS) is 1. The molecular formula is C28H27FN6O4. The zero-order valence-electron chi connectivity index (χ0n) is 21.3. The average Bonchev–Trinajstić information content (AvgIpc) is 3.22. The predicted octanol–water partition coefficient (Wildman–Crippen LogP) is 3.28. The second kappa shape index (κ2) is 10.6. The summed E-state index contributed by atoms with van der Waals surface area (Å²) in [6.45, 7) is 4.48. The molecule has 1 fully saturated rings. The van der Waals surface area contributed by atoms with E-state index in [0.717, 1.165) is 17.3 Å². The lowest BCUT2D eigenvalue weighted by Crippen LogP contribution is -2.49. The molecule has 3 N–H and O–H groups in total. The molecule has 5 rings (SSSR count). The highest BCUT2D eigenvalue weighted by Gasteiger charge is 2.50. The molecule has 0 radical (unpaired) electrons. The summed E-state index contributed by atoms with van der Waals surface area (Å²) < 4.78 is 20.2. The van der Waals surface area contributed by atoms with E-state index < -0.39 is 23.4 Å². The Morgan fingerprint density at radius 2 is 1.95 bits per heavy atom. The van der Waals surface area contributed by atoms with Crippen LogP contribution in [-0.2, 0) is 16.9 Å². The van der Waals surface area contributed by atoms with E-state index in [2.05, 4.69) is 20.5 Å². The van der Waals surface area contributed by atoms with Crippen molar-refractivity contribution in [3.63, 3.8) is 0 Å². The van der Waals surface area contributed by atoms with Crippen molar-refractivity contribution in [3.05, 3.63) is 82.8 Å². The first-order valence-electron chi connectivity index (χ1n) is 12.6. The average molecular weight is 531 g/mol. The lowest BCUT2D eigenvalue weighted by Gasteiger charge is -2.34. The quantitative estimate of drug-likeness (QED) is 0.424. The third-order valence-corrected chi connectivity index (χ3v) is 7.09. The Hall–Kier alpha value is -4.69. The van der Waals surface area contributed by atoms with E-state index >= 15 is 0 Å². The number of carbonyl (C=O) groups is 2. The molecule has 0 saturated carbocycles. The Morgan fingerprint density at radius 3 is 2.62 bits per heavy atom. The van der Waals surface area contributed by atoms with Crippen LogP contribution in [-0.4, -0.2) is 59.8 Å². The number of nitrogens with one attached hydrogen (secondary N) is 2. The molecule has 1 aromatic heterocycles. The maximum atomic E-state index is 14.5. The van der Waals surface area contributed by atoms with Gasteiger partial charge in [0.25, 0.3) is 5.91 Å². The lowest BCUT2D eigenvalue weighted by atomic mass is 9.83. The minimum Gasteiger partial charge on any atom is -0.478 e. The van der Waals surface area contributed by atoms with Crippen molar-refractivity contribution in [2.75, 3.05) is 43.0 Å². The van der Waals surface area contributed by atoms with Crippen LogP contribution >= 0.6 is 0 Å². The Kier molecular flexibility index (Phi) is 7.04. The van der Waals surface area contributed by atoms with Gasteiger partial charge in [-0.1, -0.05) is 12.1 Å². The highest BCUT2D eigenvalue weighted by atomic mass is 19.1. The van der Waals surface area contributed by atoms with Crippen LogP contribution in [0.3, 0.4) is 0 Å².